The predicted molar refractivity (Wildman–Crippen MR) is 117 cm³/mol. The summed E-state index contributed by atoms with van der Waals surface area (Å²) in [7, 11) is 0. The minimum absolute atomic E-state index is 0.180. The first-order valence-corrected chi connectivity index (χ1v) is 9.72. The Morgan fingerprint density at radius 1 is 0.931 bits per heavy atom. The highest BCUT2D eigenvalue weighted by atomic mass is 35.5. The van der Waals surface area contributed by atoms with Gasteiger partial charge >= 0.3 is 0 Å². The fourth-order valence-electron chi connectivity index (χ4n) is 3.13. The van der Waals surface area contributed by atoms with Gasteiger partial charge in [-0.25, -0.2) is 0 Å². The molecule has 0 atom stereocenters. The van der Waals surface area contributed by atoms with Gasteiger partial charge in [0.05, 0.1) is 6.54 Å². The molecule has 5 heteroatoms. The van der Waals surface area contributed by atoms with Gasteiger partial charge < -0.3 is 5.32 Å². The average Bonchev–Trinajstić information content (AvgIpc) is 3.09. The fraction of sp³-hybridized carbons (Fsp3) is 0.0833. The standard InChI is InChI=1S/C24H20ClN3O/c1-17-15-23(27-28(17)16-18-7-13-22(25)14-8-18)26-24(29)21-11-9-20(10-12-21)19-5-3-2-4-6-19/h2-15H,16H2,1H3,(H,26,27,29). The molecule has 0 radical (unpaired) electrons. The van der Waals surface area contributed by atoms with Crippen molar-refractivity contribution in [2.75, 3.05) is 5.32 Å². The number of nitrogens with zero attached hydrogens (tertiary/aromatic N) is 2. The Morgan fingerprint density at radius 2 is 1.59 bits per heavy atom. The molecule has 0 saturated carbocycles. The monoisotopic (exact) mass is 401 g/mol. The maximum absolute atomic E-state index is 12.6. The number of rotatable bonds is 5. The number of carbonyl (C=O) groups is 1. The molecule has 0 unspecified atom stereocenters. The Kier molecular flexibility index (Phi) is 5.45. The fourth-order valence-corrected chi connectivity index (χ4v) is 3.25. The molecule has 4 aromatic rings. The molecule has 0 fully saturated rings. The summed E-state index contributed by atoms with van der Waals surface area (Å²) in [5.41, 5.74) is 4.85. The Hall–Kier alpha value is -3.37. The molecule has 0 aliphatic heterocycles. The number of aryl methyl sites for hydroxylation is 1. The van der Waals surface area contributed by atoms with Crippen molar-refractivity contribution in [2.45, 2.75) is 13.5 Å². The molecule has 0 aliphatic rings. The lowest BCUT2D eigenvalue weighted by molar-refractivity contribution is 0.102. The highest BCUT2D eigenvalue weighted by Gasteiger charge is 2.11. The first-order valence-electron chi connectivity index (χ1n) is 9.34. The second-order valence-electron chi connectivity index (χ2n) is 6.85. The molecule has 29 heavy (non-hydrogen) atoms. The molecule has 0 spiro atoms. The van der Waals surface area contributed by atoms with E-state index in [-0.39, 0.29) is 5.91 Å². The summed E-state index contributed by atoms with van der Waals surface area (Å²) >= 11 is 5.94. The molecule has 4 nitrogen and oxygen atoms in total. The topological polar surface area (TPSA) is 46.9 Å². The van der Waals surface area contributed by atoms with Crippen molar-refractivity contribution in [1.82, 2.24) is 9.78 Å². The summed E-state index contributed by atoms with van der Waals surface area (Å²) in [5, 5.41) is 8.10. The lowest BCUT2D eigenvalue weighted by atomic mass is 10.0. The summed E-state index contributed by atoms with van der Waals surface area (Å²) in [6, 6.07) is 27.2. The first-order chi connectivity index (χ1) is 14.1. The first kappa shape index (κ1) is 19.0. The third-order valence-corrected chi connectivity index (χ3v) is 4.97. The smallest absolute Gasteiger partial charge is 0.256 e. The second-order valence-corrected chi connectivity index (χ2v) is 7.29. The quantitative estimate of drug-likeness (QED) is 0.458. The Balaban J connectivity index is 1.45. The molecule has 0 saturated heterocycles. The van der Waals surface area contributed by atoms with E-state index in [2.05, 4.69) is 10.4 Å². The number of anilines is 1. The third-order valence-electron chi connectivity index (χ3n) is 4.72. The van der Waals surface area contributed by atoms with Crippen LogP contribution in [0.15, 0.2) is 84.9 Å². The molecule has 3 aromatic carbocycles. The van der Waals surface area contributed by atoms with Crippen LogP contribution in [0.25, 0.3) is 11.1 Å². The van der Waals surface area contributed by atoms with Gasteiger partial charge in [-0.15, -0.1) is 0 Å². The molecule has 0 aliphatic carbocycles. The Morgan fingerprint density at radius 3 is 2.28 bits per heavy atom. The maximum atomic E-state index is 12.6. The number of hydrogen-bond acceptors (Lipinski definition) is 2. The van der Waals surface area contributed by atoms with E-state index >= 15 is 0 Å². The van der Waals surface area contributed by atoms with Crippen LogP contribution in [-0.4, -0.2) is 15.7 Å². The molecule has 0 bridgehead atoms. The minimum Gasteiger partial charge on any atom is -0.305 e. The van der Waals surface area contributed by atoms with E-state index in [1.807, 2.05) is 96.5 Å². The highest BCUT2D eigenvalue weighted by molar-refractivity contribution is 6.30. The van der Waals surface area contributed by atoms with Crippen molar-refractivity contribution in [3.05, 3.63) is 107 Å². The van der Waals surface area contributed by atoms with E-state index in [9.17, 15) is 4.79 Å². The summed E-state index contributed by atoms with van der Waals surface area (Å²) in [6.45, 7) is 2.58. The molecule has 4 rings (SSSR count). The molecule has 1 heterocycles. The highest BCUT2D eigenvalue weighted by Crippen LogP contribution is 2.20. The Labute approximate surface area is 174 Å². The van der Waals surface area contributed by atoms with Gasteiger partial charge in [0.2, 0.25) is 0 Å². The van der Waals surface area contributed by atoms with Gasteiger partial charge in [-0.3, -0.25) is 9.48 Å². The van der Waals surface area contributed by atoms with Crippen molar-refractivity contribution in [1.29, 1.82) is 0 Å². The van der Waals surface area contributed by atoms with Gasteiger partial charge in [-0.2, -0.15) is 5.10 Å². The number of benzene rings is 3. The molecular formula is C24H20ClN3O. The van der Waals surface area contributed by atoms with Crippen molar-refractivity contribution >= 4 is 23.3 Å². The predicted octanol–water partition coefficient (Wildman–Crippen LogP) is 5.81. The van der Waals surface area contributed by atoms with Crippen LogP contribution in [0.3, 0.4) is 0 Å². The van der Waals surface area contributed by atoms with Gasteiger partial charge in [-0.05, 0) is 47.9 Å². The van der Waals surface area contributed by atoms with Gasteiger partial charge in [0.25, 0.3) is 5.91 Å². The van der Waals surface area contributed by atoms with E-state index in [0.717, 1.165) is 22.4 Å². The van der Waals surface area contributed by atoms with Gasteiger partial charge in [0.15, 0.2) is 5.82 Å². The normalized spacial score (nSPS) is 10.7. The number of amides is 1. The summed E-state index contributed by atoms with van der Waals surface area (Å²) in [6.07, 6.45) is 0. The van der Waals surface area contributed by atoms with Crippen LogP contribution < -0.4 is 5.32 Å². The zero-order valence-electron chi connectivity index (χ0n) is 16.0. The van der Waals surface area contributed by atoms with Crippen molar-refractivity contribution in [3.8, 4) is 11.1 Å². The number of carbonyl (C=O) groups excluding carboxylic acids is 1. The van der Waals surface area contributed by atoms with Crippen molar-refractivity contribution in [3.63, 3.8) is 0 Å². The molecular weight excluding hydrogens is 382 g/mol. The molecule has 1 N–H and O–H groups in total. The van der Waals surface area contributed by atoms with Crippen LogP contribution in [-0.2, 0) is 6.54 Å². The second kappa shape index (κ2) is 8.33. The van der Waals surface area contributed by atoms with Crippen LogP contribution in [0.1, 0.15) is 21.6 Å². The van der Waals surface area contributed by atoms with Crippen LogP contribution in [0.5, 0.6) is 0 Å². The Bertz CT molecular complexity index is 1120. The van der Waals surface area contributed by atoms with E-state index in [4.69, 9.17) is 11.6 Å². The van der Waals surface area contributed by atoms with E-state index < -0.39 is 0 Å². The van der Waals surface area contributed by atoms with Crippen LogP contribution in [0.4, 0.5) is 5.82 Å². The largest absolute Gasteiger partial charge is 0.305 e. The number of hydrogen-bond donors (Lipinski definition) is 1. The van der Waals surface area contributed by atoms with Crippen LogP contribution in [0.2, 0.25) is 5.02 Å². The summed E-state index contributed by atoms with van der Waals surface area (Å²) in [4.78, 5) is 12.6. The van der Waals surface area contributed by atoms with Crippen molar-refractivity contribution < 1.29 is 4.79 Å². The van der Waals surface area contributed by atoms with E-state index in [1.54, 1.807) is 0 Å². The average molecular weight is 402 g/mol. The number of nitrogens with one attached hydrogen (secondary N) is 1. The van der Waals surface area contributed by atoms with E-state index in [1.165, 1.54) is 0 Å². The summed E-state index contributed by atoms with van der Waals surface area (Å²) < 4.78 is 1.86. The van der Waals surface area contributed by atoms with Crippen molar-refractivity contribution in [2.24, 2.45) is 0 Å². The number of halogens is 1. The van der Waals surface area contributed by atoms with Crippen LogP contribution in [0, 0.1) is 6.92 Å². The number of aromatic nitrogens is 2. The third kappa shape index (κ3) is 4.55. The van der Waals surface area contributed by atoms with Gasteiger partial charge in [0.1, 0.15) is 0 Å². The van der Waals surface area contributed by atoms with Crippen LogP contribution >= 0.6 is 11.6 Å². The van der Waals surface area contributed by atoms with E-state index in [0.29, 0.717) is 22.9 Å². The molecule has 1 aromatic heterocycles. The molecule has 144 valence electrons. The van der Waals surface area contributed by atoms with Gasteiger partial charge in [0, 0.05) is 22.3 Å². The SMILES string of the molecule is Cc1cc(NC(=O)c2ccc(-c3ccccc3)cc2)nn1Cc1ccc(Cl)cc1. The zero-order chi connectivity index (χ0) is 20.2. The minimum atomic E-state index is -0.180. The maximum Gasteiger partial charge on any atom is 0.256 e. The lowest BCUT2D eigenvalue weighted by Gasteiger charge is -2.06. The molecule has 1 amide bonds. The zero-order valence-corrected chi connectivity index (χ0v) is 16.7. The lowest BCUT2D eigenvalue weighted by Crippen LogP contribution is -2.12. The summed E-state index contributed by atoms with van der Waals surface area (Å²) in [5.74, 6) is 0.356. The van der Waals surface area contributed by atoms with Gasteiger partial charge in [-0.1, -0.05) is 66.2 Å².